The van der Waals surface area contributed by atoms with Crippen LogP contribution in [0.3, 0.4) is 0 Å². The monoisotopic (exact) mass is 191 g/mol. The zero-order chi connectivity index (χ0) is 9.99. The molecule has 0 saturated heterocycles. The molecule has 0 aromatic carbocycles. The summed E-state index contributed by atoms with van der Waals surface area (Å²) >= 11 is 0. The fourth-order valence-electron chi connectivity index (χ4n) is 0.707. The lowest BCUT2D eigenvalue weighted by Crippen LogP contribution is -2.30. The van der Waals surface area contributed by atoms with Gasteiger partial charge in [0.2, 0.25) is 0 Å². The summed E-state index contributed by atoms with van der Waals surface area (Å²) in [7, 11) is -4.06. The minimum atomic E-state index is -4.06. The van der Waals surface area contributed by atoms with Crippen LogP contribution < -0.4 is 0 Å². The van der Waals surface area contributed by atoms with Crippen LogP contribution in [-0.2, 0) is 10.1 Å². The molecule has 0 radical (unpaired) electrons. The quantitative estimate of drug-likeness (QED) is 0.676. The van der Waals surface area contributed by atoms with Crippen LogP contribution in [0, 0.1) is 22.7 Å². The Balaban J connectivity index is 4.73. The van der Waals surface area contributed by atoms with Crippen LogP contribution in [0.15, 0.2) is 0 Å². The van der Waals surface area contributed by atoms with Gasteiger partial charge in [-0.15, -0.1) is 0 Å². The highest BCUT2D eigenvalue weighted by Crippen LogP contribution is 2.27. The standard InChI is InChI=1S/C7H13NO3S/c1-6(2)7(3,4-8)5-12(9,10)11/h6H,5H2,1-3H3,(H,9,10,11). The van der Waals surface area contributed by atoms with Crippen LogP contribution in [0.2, 0.25) is 0 Å². The van der Waals surface area contributed by atoms with E-state index in [2.05, 4.69) is 0 Å². The molecular weight excluding hydrogens is 178 g/mol. The van der Waals surface area contributed by atoms with Gasteiger partial charge >= 0.3 is 0 Å². The van der Waals surface area contributed by atoms with Gasteiger partial charge in [-0.3, -0.25) is 4.55 Å². The lowest BCUT2D eigenvalue weighted by Gasteiger charge is -2.23. The Morgan fingerprint density at radius 3 is 2.08 bits per heavy atom. The smallest absolute Gasteiger partial charge is 0.266 e. The van der Waals surface area contributed by atoms with Gasteiger partial charge in [0.1, 0.15) is 0 Å². The molecule has 0 aliphatic carbocycles. The van der Waals surface area contributed by atoms with Crippen molar-refractivity contribution in [1.82, 2.24) is 0 Å². The molecule has 4 nitrogen and oxygen atoms in total. The van der Waals surface area contributed by atoms with Crippen LogP contribution in [0.1, 0.15) is 20.8 Å². The maximum absolute atomic E-state index is 10.5. The molecule has 0 saturated carbocycles. The van der Waals surface area contributed by atoms with Crippen molar-refractivity contribution in [3.63, 3.8) is 0 Å². The van der Waals surface area contributed by atoms with Crippen molar-refractivity contribution in [2.24, 2.45) is 11.3 Å². The van der Waals surface area contributed by atoms with Crippen molar-refractivity contribution in [2.75, 3.05) is 5.75 Å². The molecule has 0 aromatic rings. The van der Waals surface area contributed by atoms with Crippen molar-refractivity contribution in [3.05, 3.63) is 0 Å². The molecule has 0 aliphatic rings. The van der Waals surface area contributed by atoms with Gasteiger partial charge in [0, 0.05) is 0 Å². The van der Waals surface area contributed by atoms with E-state index in [1.807, 2.05) is 6.07 Å². The summed E-state index contributed by atoms with van der Waals surface area (Å²) < 4.78 is 29.6. The number of nitrogens with zero attached hydrogens (tertiary/aromatic N) is 1. The largest absolute Gasteiger partial charge is 0.285 e. The van der Waals surface area contributed by atoms with Crippen LogP contribution in [0.5, 0.6) is 0 Å². The Morgan fingerprint density at radius 2 is 2.00 bits per heavy atom. The molecule has 12 heavy (non-hydrogen) atoms. The molecule has 0 aromatic heterocycles. The molecule has 0 aliphatic heterocycles. The van der Waals surface area contributed by atoms with Crippen LogP contribution in [0.25, 0.3) is 0 Å². The summed E-state index contributed by atoms with van der Waals surface area (Å²) in [5.74, 6) is -0.613. The van der Waals surface area contributed by atoms with Gasteiger partial charge in [-0.2, -0.15) is 13.7 Å². The van der Waals surface area contributed by atoms with E-state index in [0.29, 0.717) is 0 Å². The van der Waals surface area contributed by atoms with E-state index < -0.39 is 21.3 Å². The summed E-state index contributed by atoms with van der Waals surface area (Å²) in [6.07, 6.45) is 0. The first kappa shape index (κ1) is 11.4. The minimum Gasteiger partial charge on any atom is -0.285 e. The van der Waals surface area contributed by atoms with Gasteiger partial charge in [-0.05, 0) is 12.8 Å². The van der Waals surface area contributed by atoms with Gasteiger partial charge in [-0.25, -0.2) is 0 Å². The van der Waals surface area contributed by atoms with E-state index in [1.165, 1.54) is 6.92 Å². The van der Waals surface area contributed by atoms with Crippen LogP contribution in [0.4, 0.5) is 0 Å². The topological polar surface area (TPSA) is 78.2 Å². The van der Waals surface area contributed by atoms with E-state index in [1.54, 1.807) is 13.8 Å². The molecule has 70 valence electrons. The lowest BCUT2D eigenvalue weighted by atomic mass is 9.83. The third kappa shape index (κ3) is 3.20. The first-order valence-corrected chi connectivity index (χ1v) is 5.18. The van der Waals surface area contributed by atoms with Gasteiger partial charge in [-0.1, -0.05) is 13.8 Å². The minimum absolute atomic E-state index is 0.107. The van der Waals surface area contributed by atoms with E-state index in [-0.39, 0.29) is 5.92 Å². The zero-order valence-electron chi connectivity index (χ0n) is 7.40. The van der Waals surface area contributed by atoms with E-state index >= 15 is 0 Å². The maximum Gasteiger partial charge on any atom is 0.266 e. The molecule has 1 atom stereocenters. The molecule has 0 rings (SSSR count). The molecule has 1 N–H and O–H groups in total. The van der Waals surface area contributed by atoms with Crippen molar-refractivity contribution in [3.8, 4) is 6.07 Å². The highest BCUT2D eigenvalue weighted by molar-refractivity contribution is 7.85. The van der Waals surface area contributed by atoms with Gasteiger partial charge < -0.3 is 0 Å². The first-order valence-electron chi connectivity index (χ1n) is 3.58. The second kappa shape index (κ2) is 3.42. The molecule has 0 heterocycles. The fraction of sp³-hybridized carbons (Fsp3) is 0.857. The number of hydrogen-bond donors (Lipinski definition) is 1. The second-order valence-corrected chi connectivity index (χ2v) is 4.86. The van der Waals surface area contributed by atoms with E-state index in [4.69, 9.17) is 9.81 Å². The van der Waals surface area contributed by atoms with Crippen molar-refractivity contribution >= 4 is 10.1 Å². The summed E-state index contributed by atoms with van der Waals surface area (Å²) in [4.78, 5) is 0. The average molecular weight is 191 g/mol. The molecule has 0 fully saturated rings. The molecular formula is C7H13NO3S. The zero-order valence-corrected chi connectivity index (χ0v) is 8.22. The van der Waals surface area contributed by atoms with Crippen molar-refractivity contribution in [1.29, 1.82) is 5.26 Å². The van der Waals surface area contributed by atoms with E-state index in [9.17, 15) is 8.42 Å². The number of rotatable bonds is 3. The van der Waals surface area contributed by atoms with Gasteiger partial charge in [0.25, 0.3) is 10.1 Å². The Labute approximate surface area is 73.0 Å². The maximum atomic E-state index is 10.5. The molecule has 5 heteroatoms. The lowest BCUT2D eigenvalue weighted by molar-refractivity contribution is 0.335. The molecule has 1 unspecified atom stereocenters. The Morgan fingerprint density at radius 1 is 1.58 bits per heavy atom. The predicted molar refractivity (Wildman–Crippen MR) is 45.0 cm³/mol. The summed E-state index contributed by atoms with van der Waals surface area (Å²) in [5.41, 5.74) is -1.01. The number of nitriles is 1. The average Bonchev–Trinajstić information content (AvgIpc) is 1.83. The van der Waals surface area contributed by atoms with Gasteiger partial charge in [0.05, 0.1) is 17.2 Å². The summed E-state index contributed by atoms with van der Waals surface area (Å²) in [6, 6.07) is 1.90. The number of hydrogen-bond acceptors (Lipinski definition) is 3. The van der Waals surface area contributed by atoms with Crippen LogP contribution >= 0.6 is 0 Å². The second-order valence-electron chi connectivity index (χ2n) is 3.41. The highest BCUT2D eigenvalue weighted by atomic mass is 32.2. The third-order valence-electron chi connectivity index (χ3n) is 2.01. The fourth-order valence-corrected chi connectivity index (χ4v) is 1.86. The Hall–Kier alpha value is -0.600. The predicted octanol–water partition coefficient (Wildman–Crippen LogP) is 1.06. The van der Waals surface area contributed by atoms with E-state index in [0.717, 1.165) is 0 Å². The Bertz CT molecular complexity index is 288. The SMILES string of the molecule is CC(C)C(C)(C#N)CS(=O)(=O)O. The normalized spacial score (nSPS) is 17.0. The summed E-state index contributed by atoms with van der Waals surface area (Å²) in [6.45, 7) is 5.01. The first-order chi connectivity index (χ1) is 5.21. The van der Waals surface area contributed by atoms with Crippen LogP contribution in [-0.4, -0.2) is 18.7 Å². The van der Waals surface area contributed by atoms with Gasteiger partial charge in [0.15, 0.2) is 0 Å². The summed E-state index contributed by atoms with van der Waals surface area (Å²) in [5, 5.41) is 8.69. The third-order valence-corrected chi connectivity index (χ3v) is 2.98. The molecule has 0 amide bonds. The molecule has 0 spiro atoms. The van der Waals surface area contributed by atoms with Crippen molar-refractivity contribution < 1.29 is 13.0 Å². The molecule has 0 bridgehead atoms. The highest BCUT2D eigenvalue weighted by Gasteiger charge is 2.33. The Kier molecular flexibility index (Phi) is 3.25. The van der Waals surface area contributed by atoms with Crippen molar-refractivity contribution in [2.45, 2.75) is 20.8 Å².